The van der Waals surface area contributed by atoms with E-state index in [9.17, 15) is 8.42 Å². The van der Waals surface area contributed by atoms with Crippen LogP contribution in [0, 0.1) is 0 Å². The summed E-state index contributed by atoms with van der Waals surface area (Å²) in [5, 5.41) is 0. The maximum absolute atomic E-state index is 12.5. The summed E-state index contributed by atoms with van der Waals surface area (Å²) in [6.07, 6.45) is 4.98. The number of rotatable bonds is 2. The standard InChI is InChI=1S/C11H13N5O2S/c12-11-9(2-1-3-14-11)19(17,18)16-7-6-15-5-4-13-10(15)8-16/h1-5H,6-8H2,(H2,12,14). The average Bonchev–Trinajstić information content (AvgIpc) is 2.86. The van der Waals surface area contributed by atoms with Gasteiger partial charge in [-0.05, 0) is 12.1 Å². The Labute approximate surface area is 110 Å². The van der Waals surface area contributed by atoms with Crippen molar-refractivity contribution in [3.63, 3.8) is 0 Å². The van der Waals surface area contributed by atoms with E-state index in [1.807, 2.05) is 10.8 Å². The maximum Gasteiger partial charge on any atom is 0.247 e. The van der Waals surface area contributed by atoms with E-state index in [0.717, 1.165) is 5.82 Å². The van der Waals surface area contributed by atoms with Crippen molar-refractivity contribution in [2.75, 3.05) is 12.3 Å². The van der Waals surface area contributed by atoms with Crippen LogP contribution in [-0.4, -0.2) is 33.8 Å². The largest absolute Gasteiger partial charge is 0.383 e. The highest BCUT2D eigenvalue weighted by Gasteiger charge is 2.30. The number of imidazole rings is 1. The molecular weight excluding hydrogens is 266 g/mol. The third-order valence-corrected chi connectivity index (χ3v) is 5.02. The molecule has 0 radical (unpaired) electrons. The molecule has 0 aliphatic carbocycles. The van der Waals surface area contributed by atoms with Crippen LogP contribution in [0.25, 0.3) is 0 Å². The Morgan fingerprint density at radius 3 is 2.84 bits per heavy atom. The number of aromatic nitrogens is 3. The van der Waals surface area contributed by atoms with Gasteiger partial charge in [0.15, 0.2) is 0 Å². The van der Waals surface area contributed by atoms with E-state index in [2.05, 4.69) is 9.97 Å². The van der Waals surface area contributed by atoms with Crippen LogP contribution in [0.5, 0.6) is 0 Å². The van der Waals surface area contributed by atoms with Gasteiger partial charge in [0.1, 0.15) is 16.5 Å². The third kappa shape index (κ3) is 1.98. The first-order valence-corrected chi connectivity index (χ1v) is 7.24. The molecule has 100 valence electrons. The Morgan fingerprint density at radius 1 is 1.21 bits per heavy atom. The molecule has 19 heavy (non-hydrogen) atoms. The molecule has 1 aliphatic rings. The number of hydrogen-bond acceptors (Lipinski definition) is 5. The molecule has 0 bridgehead atoms. The molecule has 0 aromatic carbocycles. The molecule has 0 unspecified atom stereocenters. The number of nitrogens with two attached hydrogens (primary N) is 1. The quantitative estimate of drug-likeness (QED) is 0.839. The van der Waals surface area contributed by atoms with Crippen LogP contribution in [0.15, 0.2) is 35.6 Å². The number of pyridine rings is 1. The van der Waals surface area contributed by atoms with Gasteiger partial charge in [0.2, 0.25) is 10.0 Å². The number of fused-ring (bicyclic) bond motifs is 1. The normalized spacial score (nSPS) is 16.2. The van der Waals surface area contributed by atoms with Crippen LogP contribution in [0.1, 0.15) is 5.82 Å². The molecule has 0 atom stereocenters. The molecule has 0 spiro atoms. The molecular formula is C11H13N5O2S. The fraction of sp³-hybridized carbons (Fsp3) is 0.273. The summed E-state index contributed by atoms with van der Waals surface area (Å²) in [5.74, 6) is 0.758. The molecule has 0 amide bonds. The Hall–Kier alpha value is -1.93. The molecule has 7 nitrogen and oxygen atoms in total. The van der Waals surface area contributed by atoms with E-state index in [4.69, 9.17) is 5.73 Å². The molecule has 8 heteroatoms. The van der Waals surface area contributed by atoms with E-state index < -0.39 is 10.0 Å². The second-order valence-electron chi connectivity index (χ2n) is 4.26. The van der Waals surface area contributed by atoms with Gasteiger partial charge < -0.3 is 10.3 Å². The van der Waals surface area contributed by atoms with Crippen LogP contribution >= 0.6 is 0 Å². The zero-order valence-corrected chi connectivity index (χ0v) is 10.9. The molecule has 3 heterocycles. The number of hydrogen-bond donors (Lipinski definition) is 1. The van der Waals surface area contributed by atoms with E-state index in [0.29, 0.717) is 13.1 Å². The smallest absolute Gasteiger partial charge is 0.247 e. The SMILES string of the molecule is Nc1ncccc1S(=O)(=O)N1CCn2ccnc2C1. The monoisotopic (exact) mass is 279 g/mol. The summed E-state index contributed by atoms with van der Waals surface area (Å²) in [6, 6.07) is 3.03. The number of anilines is 1. The second-order valence-corrected chi connectivity index (χ2v) is 6.17. The molecule has 2 aromatic rings. The van der Waals surface area contributed by atoms with Crippen molar-refractivity contribution in [2.45, 2.75) is 18.0 Å². The zero-order chi connectivity index (χ0) is 13.5. The molecule has 3 rings (SSSR count). The molecule has 0 fully saturated rings. The van der Waals surface area contributed by atoms with Crippen molar-refractivity contribution < 1.29 is 8.42 Å². The van der Waals surface area contributed by atoms with E-state index in [1.165, 1.54) is 16.6 Å². The van der Waals surface area contributed by atoms with Crippen molar-refractivity contribution >= 4 is 15.8 Å². The lowest BCUT2D eigenvalue weighted by Crippen LogP contribution is -2.38. The van der Waals surface area contributed by atoms with Gasteiger partial charge in [0.25, 0.3) is 0 Å². The van der Waals surface area contributed by atoms with E-state index in [-0.39, 0.29) is 17.3 Å². The van der Waals surface area contributed by atoms with Crippen LogP contribution in [0.3, 0.4) is 0 Å². The van der Waals surface area contributed by atoms with Crippen molar-refractivity contribution in [1.29, 1.82) is 0 Å². The topological polar surface area (TPSA) is 94.1 Å². The number of nitrogen functional groups attached to an aromatic ring is 1. The highest BCUT2D eigenvalue weighted by Crippen LogP contribution is 2.23. The van der Waals surface area contributed by atoms with Gasteiger partial charge in [-0.25, -0.2) is 18.4 Å². The van der Waals surface area contributed by atoms with Gasteiger partial charge >= 0.3 is 0 Å². The second kappa shape index (κ2) is 4.32. The summed E-state index contributed by atoms with van der Waals surface area (Å²) in [5.41, 5.74) is 5.65. The number of nitrogens with zero attached hydrogens (tertiary/aromatic N) is 4. The summed E-state index contributed by atoms with van der Waals surface area (Å²) < 4.78 is 28.3. The minimum atomic E-state index is -3.62. The van der Waals surface area contributed by atoms with Gasteiger partial charge in [0.05, 0.1) is 6.54 Å². The first-order valence-electron chi connectivity index (χ1n) is 5.80. The molecule has 2 N–H and O–H groups in total. The molecule has 0 saturated carbocycles. The lowest BCUT2D eigenvalue weighted by molar-refractivity contribution is 0.335. The predicted molar refractivity (Wildman–Crippen MR) is 68.5 cm³/mol. The van der Waals surface area contributed by atoms with Gasteiger partial charge in [-0.1, -0.05) is 0 Å². The predicted octanol–water partition coefficient (Wildman–Crippen LogP) is 0.0648. The minimum absolute atomic E-state index is 0.0245. The summed E-state index contributed by atoms with van der Waals surface area (Å²) >= 11 is 0. The highest BCUT2D eigenvalue weighted by atomic mass is 32.2. The van der Waals surface area contributed by atoms with Gasteiger partial charge in [-0.15, -0.1) is 0 Å². The Kier molecular flexibility index (Phi) is 2.76. The van der Waals surface area contributed by atoms with Crippen LogP contribution in [0.2, 0.25) is 0 Å². The molecule has 1 aliphatic heterocycles. The average molecular weight is 279 g/mol. The van der Waals surface area contributed by atoms with Crippen molar-refractivity contribution in [3.8, 4) is 0 Å². The Balaban J connectivity index is 1.97. The fourth-order valence-corrected chi connectivity index (χ4v) is 3.57. The van der Waals surface area contributed by atoms with Crippen molar-refractivity contribution in [1.82, 2.24) is 18.8 Å². The Morgan fingerprint density at radius 2 is 2.05 bits per heavy atom. The molecule has 2 aromatic heterocycles. The first-order chi connectivity index (χ1) is 9.09. The van der Waals surface area contributed by atoms with E-state index >= 15 is 0 Å². The fourth-order valence-electron chi connectivity index (χ4n) is 2.12. The van der Waals surface area contributed by atoms with Gasteiger partial charge in [-0.2, -0.15) is 4.31 Å². The third-order valence-electron chi connectivity index (χ3n) is 3.13. The van der Waals surface area contributed by atoms with Crippen LogP contribution < -0.4 is 5.73 Å². The van der Waals surface area contributed by atoms with Gasteiger partial charge in [-0.3, -0.25) is 0 Å². The summed E-state index contributed by atoms with van der Waals surface area (Å²) in [7, 11) is -3.62. The molecule has 0 saturated heterocycles. The van der Waals surface area contributed by atoms with Gasteiger partial charge in [0, 0.05) is 31.7 Å². The minimum Gasteiger partial charge on any atom is -0.383 e. The first kappa shape index (κ1) is 12.1. The van der Waals surface area contributed by atoms with Crippen molar-refractivity contribution in [3.05, 3.63) is 36.5 Å². The zero-order valence-electron chi connectivity index (χ0n) is 10.1. The van der Waals surface area contributed by atoms with E-state index in [1.54, 1.807) is 12.3 Å². The van der Waals surface area contributed by atoms with Crippen molar-refractivity contribution in [2.24, 2.45) is 0 Å². The lowest BCUT2D eigenvalue weighted by Gasteiger charge is -2.27. The highest BCUT2D eigenvalue weighted by molar-refractivity contribution is 7.89. The lowest BCUT2D eigenvalue weighted by atomic mass is 10.4. The number of sulfonamides is 1. The summed E-state index contributed by atoms with van der Waals surface area (Å²) in [6.45, 7) is 1.25. The Bertz CT molecular complexity index is 709. The van der Waals surface area contributed by atoms with Crippen LogP contribution in [0.4, 0.5) is 5.82 Å². The summed E-state index contributed by atoms with van der Waals surface area (Å²) in [4.78, 5) is 8.02. The van der Waals surface area contributed by atoms with Crippen LogP contribution in [-0.2, 0) is 23.1 Å². The maximum atomic E-state index is 12.5.